The number of aliphatic hydroxyl groups excluding tert-OH is 1. The van der Waals surface area contributed by atoms with Crippen molar-refractivity contribution in [1.29, 1.82) is 0 Å². The second kappa shape index (κ2) is 9.32. The number of pyridine rings is 1. The highest BCUT2D eigenvalue weighted by molar-refractivity contribution is 5.96. The van der Waals surface area contributed by atoms with Crippen LogP contribution in [0.15, 0.2) is 66.9 Å². The summed E-state index contributed by atoms with van der Waals surface area (Å²) in [5.41, 5.74) is 3.79. The third kappa shape index (κ3) is 4.37. The van der Waals surface area contributed by atoms with Gasteiger partial charge in [0.15, 0.2) is 11.5 Å². The maximum atomic E-state index is 13.0. The first-order chi connectivity index (χ1) is 17.2. The molecule has 3 aliphatic heterocycles. The molecular formula is C28H30N4O3. The summed E-state index contributed by atoms with van der Waals surface area (Å²) in [5, 5.41) is 9.84. The van der Waals surface area contributed by atoms with Crippen LogP contribution in [0.1, 0.15) is 35.3 Å². The van der Waals surface area contributed by atoms with Crippen LogP contribution < -0.4 is 9.64 Å². The Kier molecular flexibility index (Phi) is 5.88. The van der Waals surface area contributed by atoms with Gasteiger partial charge < -0.3 is 19.6 Å². The number of carbonyl (C=O) groups excluding carboxylic acids is 1. The maximum absolute atomic E-state index is 13.0. The lowest BCUT2D eigenvalue weighted by Crippen LogP contribution is -2.43. The number of hydrogen-bond donors (Lipinski definition) is 1. The molecule has 1 aromatic heterocycles. The van der Waals surface area contributed by atoms with E-state index in [4.69, 9.17) is 4.74 Å². The van der Waals surface area contributed by atoms with Crippen molar-refractivity contribution in [2.45, 2.75) is 38.0 Å². The molecule has 2 saturated heterocycles. The fraction of sp³-hybridized carbons (Fsp3) is 0.357. The first kappa shape index (κ1) is 22.1. The summed E-state index contributed by atoms with van der Waals surface area (Å²) in [6.07, 6.45) is 4.13. The molecule has 2 aromatic carbocycles. The lowest BCUT2D eigenvalue weighted by atomic mass is 9.99. The van der Waals surface area contributed by atoms with E-state index in [1.165, 1.54) is 0 Å². The predicted molar refractivity (Wildman–Crippen MR) is 134 cm³/mol. The van der Waals surface area contributed by atoms with Crippen LogP contribution in [0.2, 0.25) is 0 Å². The summed E-state index contributed by atoms with van der Waals surface area (Å²) in [4.78, 5) is 24.1. The van der Waals surface area contributed by atoms with E-state index in [0.717, 1.165) is 55.3 Å². The molecule has 7 heteroatoms. The molecule has 1 N–H and O–H groups in total. The zero-order chi connectivity index (χ0) is 23.8. The number of nitrogens with zero attached hydrogens (tertiary/aromatic N) is 4. The summed E-state index contributed by atoms with van der Waals surface area (Å²) < 4.78 is 6.29. The highest BCUT2D eigenvalue weighted by atomic mass is 16.5. The SMILES string of the molecule is O=C(c1ccc2c(c1)Oc1ccccc1N2C1CCN(Cc2ccccn2)CC1)N1CCC(O)C1. The van der Waals surface area contributed by atoms with Gasteiger partial charge in [-0.05, 0) is 61.7 Å². The molecule has 3 aliphatic rings. The van der Waals surface area contributed by atoms with E-state index in [9.17, 15) is 9.90 Å². The molecular weight excluding hydrogens is 440 g/mol. The monoisotopic (exact) mass is 470 g/mol. The van der Waals surface area contributed by atoms with E-state index in [2.05, 4.69) is 26.9 Å². The average molecular weight is 471 g/mol. The molecule has 6 rings (SSSR count). The van der Waals surface area contributed by atoms with E-state index in [0.29, 0.717) is 36.9 Å². The number of β-amino-alcohol motifs (C(OH)–C–C–N with tert-alkyl or cyclic N) is 1. The van der Waals surface area contributed by atoms with Gasteiger partial charge >= 0.3 is 0 Å². The van der Waals surface area contributed by atoms with Crippen molar-refractivity contribution < 1.29 is 14.6 Å². The Bertz CT molecular complexity index is 1210. The lowest BCUT2D eigenvalue weighted by molar-refractivity contribution is 0.0764. The summed E-state index contributed by atoms with van der Waals surface area (Å²) in [6.45, 7) is 3.86. The minimum absolute atomic E-state index is 0.0545. The van der Waals surface area contributed by atoms with Gasteiger partial charge in [0.2, 0.25) is 0 Å². The Morgan fingerprint density at radius 1 is 0.943 bits per heavy atom. The quantitative estimate of drug-likeness (QED) is 0.617. The number of benzene rings is 2. The summed E-state index contributed by atoms with van der Waals surface area (Å²) in [7, 11) is 0. The Balaban J connectivity index is 1.24. The van der Waals surface area contributed by atoms with Crippen LogP contribution in [0.5, 0.6) is 11.5 Å². The number of hydrogen-bond acceptors (Lipinski definition) is 6. The van der Waals surface area contributed by atoms with E-state index < -0.39 is 6.10 Å². The molecule has 1 unspecified atom stereocenters. The molecule has 0 aliphatic carbocycles. The third-order valence-corrected chi connectivity index (χ3v) is 7.30. The molecule has 0 radical (unpaired) electrons. The van der Waals surface area contributed by atoms with E-state index in [1.807, 2.05) is 54.7 Å². The maximum Gasteiger partial charge on any atom is 0.254 e. The summed E-state index contributed by atoms with van der Waals surface area (Å²) in [5.74, 6) is 1.48. The van der Waals surface area contributed by atoms with Crippen molar-refractivity contribution in [1.82, 2.24) is 14.8 Å². The number of aliphatic hydroxyl groups is 1. The molecule has 4 heterocycles. The molecule has 7 nitrogen and oxygen atoms in total. The Morgan fingerprint density at radius 2 is 1.74 bits per heavy atom. The van der Waals surface area contributed by atoms with Crippen molar-refractivity contribution in [3.63, 3.8) is 0 Å². The van der Waals surface area contributed by atoms with Crippen LogP contribution in [-0.4, -0.2) is 64.1 Å². The molecule has 2 fully saturated rings. The fourth-order valence-corrected chi connectivity index (χ4v) is 5.48. The van der Waals surface area contributed by atoms with Gasteiger partial charge in [-0.1, -0.05) is 18.2 Å². The number of aromatic nitrogens is 1. The lowest BCUT2D eigenvalue weighted by Gasteiger charge is -2.42. The molecule has 3 aromatic rings. The number of para-hydroxylation sites is 2. The number of amides is 1. The van der Waals surface area contributed by atoms with Crippen LogP contribution in [0.25, 0.3) is 0 Å². The molecule has 180 valence electrons. The normalized spacial score (nSPS) is 20.3. The smallest absolute Gasteiger partial charge is 0.254 e. The topological polar surface area (TPSA) is 69.1 Å². The van der Waals surface area contributed by atoms with Gasteiger partial charge in [-0.25, -0.2) is 0 Å². The number of ether oxygens (including phenoxy) is 1. The van der Waals surface area contributed by atoms with Crippen LogP contribution in [0.3, 0.4) is 0 Å². The zero-order valence-electron chi connectivity index (χ0n) is 19.7. The third-order valence-electron chi connectivity index (χ3n) is 7.30. The van der Waals surface area contributed by atoms with Crippen molar-refractivity contribution in [2.24, 2.45) is 0 Å². The molecule has 35 heavy (non-hydrogen) atoms. The second-order valence-corrected chi connectivity index (χ2v) is 9.64. The highest BCUT2D eigenvalue weighted by Gasteiger charge is 2.33. The molecule has 0 spiro atoms. The van der Waals surface area contributed by atoms with Crippen molar-refractivity contribution in [3.8, 4) is 11.5 Å². The first-order valence-electron chi connectivity index (χ1n) is 12.5. The number of likely N-dealkylation sites (tertiary alicyclic amines) is 2. The molecule has 0 bridgehead atoms. The van der Waals surface area contributed by atoms with Crippen LogP contribution >= 0.6 is 0 Å². The summed E-state index contributed by atoms with van der Waals surface area (Å²) >= 11 is 0. The van der Waals surface area contributed by atoms with Gasteiger partial charge in [0.25, 0.3) is 5.91 Å². The fourth-order valence-electron chi connectivity index (χ4n) is 5.48. The number of anilines is 2. The standard InChI is InChI=1S/C28H30N4O3/c33-23-12-16-31(19-23)28(34)20-8-9-25-27(17-20)35-26-7-2-1-6-24(26)32(25)22-10-14-30(15-11-22)18-21-5-3-4-13-29-21/h1-9,13,17,22-23,33H,10-12,14-16,18-19H2. The minimum atomic E-state index is -0.432. The number of piperidine rings is 1. The first-order valence-corrected chi connectivity index (χ1v) is 12.5. The van der Waals surface area contributed by atoms with Gasteiger partial charge in [0, 0.05) is 50.5 Å². The minimum Gasteiger partial charge on any atom is -0.453 e. The van der Waals surface area contributed by atoms with Gasteiger partial charge in [-0.3, -0.25) is 14.7 Å². The summed E-state index contributed by atoms with van der Waals surface area (Å²) in [6, 6.07) is 20.3. The van der Waals surface area contributed by atoms with Crippen molar-refractivity contribution in [3.05, 3.63) is 78.1 Å². The van der Waals surface area contributed by atoms with Gasteiger partial charge in [0.1, 0.15) is 0 Å². The average Bonchev–Trinajstić information content (AvgIpc) is 3.34. The van der Waals surface area contributed by atoms with Crippen molar-refractivity contribution in [2.75, 3.05) is 31.1 Å². The van der Waals surface area contributed by atoms with Crippen molar-refractivity contribution >= 4 is 17.3 Å². The van der Waals surface area contributed by atoms with Gasteiger partial charge in [0.05, 0.1) is 23.2 Å². The van der Waals surface area contributed by atoms with Crippen LogP contribution in [-0.2, 0) is 6.54 Å². The van der Waals surface area contributed by atoms with E-state index in [1.54, 1.807) is 4.90 Å². The molecule has 1 atom stereocenters. The molecule has 0 saturated carbocycles. The second-order valence-electron chi connectivity index (χ2n) is 9.64. The van der Waals surface area contributed by atoms with Crippen LogP contribution in [0, 0.1) is 0 Å². The largest absolute Gasteiger partial charge is 0.453 e. The van der Waals surface area contributed by atoms with Gasteiger partial charge in [-0.15, -0.1) is 0 Å². The zero-order valence-corrected chi connectivity index (χ0v) is 19.7. The predicted octanol–water partition coefficient (Wildman–Crippen LogP) is 4.20. The Labute approximate surface area is 205 Å². The number of fused-ring (bicyclic) bond motifs is 2. The Hall–Kier alpha value is -3.42. The van der Waals surface area contributed by atoms with Crippen LogP contribution in [0.4, 0.5) is 11.4 Å². The van der Waals surface area contributed by atoms with Gasteiger partial charge in [-0.2, -0.15) is 0 Å². The Morgan fingerprint density at radius 3 is 2.51 bits per heavy atom. The molecule has 1 amide bonds. The van der Waals surface area contributed by atoms with E-state index in [-0.39, 0.29) is 5.91 Å². The number of carbonyl (C=O) groups is 1. The number of rotatable bonds is 4. The van der Waals surface area contributed by atoms with E-state index >= 15 is 0 Å². The highest BCUT2D eigenvalue weighted by Crippen LogP contribution is 2.49.